The van der Waals surface area contributed by atoms with Gasteiger partial charge in [-0.25, -0.2) is 0 Å². The van der Waals surface area contributed by atoms with Gasteiger partial charge in [0.15, 0.2) is 5.84 Å². The SMILES string of the molecule is Cc1ccc(S(=O)(=O)N=C(Nc2cc(C)c(O)c(Br)c2C)c2ccccc2)cc1. The molecule has 0 saturated carbocycles. The average Bonchev–Trinajstić information content (AvgIpc) is 2.70. The number of halogens is 1. The maximum Gasteiger partial charge on any atom is 0.284 e. The summed E-state index contributed by atoms with van der Waals surface area (Å²) in [5.74, 6) is 0.352. The number of sulfonamides is 1. The molecule has 0 unspecified atom stereocenters. The zero-order chi connectivity index (χ0) is 21.2. The summed E-state index contributed by atoms with van der Waals surface area (Å²) in [5, 5.41) is 13.3. The molecule has 0 radical (unpaired) electrons. The Bertz CT molecular complexity index is 1170. The van der Waals surface area contributed by atoms with Crippen molar-refractivity contribution < 1.29 is 13.5 Å². The Morgan fingerprint density at radius 1 is 1.00 bits per heavy atom. The van der Waals surface area contributed by atoms with Gasteiger partial charge >= 0.3 is 0 Å². The smallest absolute Gasteiger partial charge is 0.284 e. The van der Waals surface area contributed by atoms with Gasteiger partial charge in [0.1, 0.15) is 5.75 Å². The number of phenols is 1. The van der Waals surface area contributed by atoms with Crippen LogP contribution in [0.25, 0.3) is 0 Å². The van der Waals surface area contributed by atoms with E-state index in [9.17, 15) is 13.5 Å². The van der Waals surface area contributed by atoms with Crippen LogP contribution in [0.3, 0.4) is 0 Å². The Morgan fingerprint density at radius 3 is 2.24 bits per heavy atom. The van der Waals surface area contributed by atoms with Crippen molar-refractivity contribution in [2.24, 2.45) is 4.40 Å². The van der Waals surface area contributed by atoms with Crippen molar-refractivity contribution in [3.05, 3.63) is 87.4 Å². The first-order valence-electron chi connectivity index (χ1n) is 8.92. The van der Waals surface area contributed by atoms with E-state index in [1.165, 1.54) is 0 Å². The number of amidine groups is 1. The Balaban J connectivity index is 2.12. The molecule has 0 atom stereocenters. The van der Waals surface area contributed by atoms with Gasteiger partial charge in [0, 0.05) is 11.3 Å². The van der Waals surface area contributed by atoms with E-state index in [-0.39, 0.29) is 16.5 Å². The lowest BCUT2D eigenvalue weighted by atomic mass is 10.1. The van der Waals surface area contributed by atoms with E-state index in [2.05, 4.69) is 25.6 Å². The summed E-state index contributed by atoms with van der Waals surface area (Å²) in [7, 11) is -3.92. The van der Waals surface area contributed by atoms with Gasteiger partial charge in [-0.1, -0.05) is 48.0 Å². The second kappa shape index (κ2) is 8.39. The fourth-order valence-corrected chi connectivity index (χ4v) is 4.25. The van der Waals surface area contributed by atoms with Crippen molar-refractivity contribution in [3.63, 3.8) is 0 Å². The number of nitrogens with zero attached hydrogens (tertiary/aromatic N) is 1. The summed E-state index contributed by atoms with van der Waals surface area (Å²) in [5.41, 5.74) is 3.64. The molecule has 0 aliphatic rings. The van der Waals surface area contributed by atoms with E-state index in [1.807, 2.05) is 32.0 Å². The predicted molar refractivity (Wildman–Crippen MR) is 120 cm³/mol. The minimum absolute atomic E-state index is 0.123. The highest BCUT2D eigenvalue weighted by Crippen LogP contribution is 2.36. The second-order valence-corrected chi connectivity index (χ2v) is 9.14. The quantitative estimate of drug-likeness (QED) is 0.305. The maximum absolute atomic E-state index is 12.9. The number of rotatable bonds is 4. The van der Waals surface area contributed by atoms with Crippen molar-refractivity contribution in [1.82, 2.24) is 0 Å². The minimum atomic E-state index is -3.92. The van der Waals surface area contributed by atoms with E-state index in [0.717, 1.165) is 11.1 Å². The fraction of sp³-hybridized carbons (Fsp3) is 0.136. The van der Waals surface area contributed by atoms with Gasteiger partial charge in [0.25, 0.3) is 10.0 Å². The van der Waals surface area contributed by atoms with Crippen molar-refractivity contribution >= 4 is 37.5 Å². The number of nitrogens with one attached hydrogen (secondary N) is 1. The van der Waals surface area contributed by atoms with Crippen molar-refractivity contribution in [1.29, 1.82) is 0 Å². The lowest BCUT2D eigenvalue weighted by Crippen LogP contribution is -2.17. The first-order valence-corrected chi connectivity index (χ1v) is 11.1. The predicted octanol–water partition coefficient (Wildman–Crippen LogP) is 5.33. The van der Waals surface area contributed by atoms with Gasteiger partial charge in [-0.15, -0.1) is 4.40 Å². The number of hydrogen-bond donors (Lipinski definition) is 2. The summed E-state index contributed by atoms with van der Waals surface area (Å²) < 4.78 is 30.5. The number of phenolic OH excluding ortho intramolecular Hbond substituents is 1. The van der Waals surface area contributed by atoms with Crippen molar-refractivity contribution in [3.8, 4) is 5.75 Å². The summed E-state index contributed by atoms with van der Waals surface area (Å²) in [4.78, 5) is 0.123. The molecule has 3 aromatic carbocycles. The monoisotopic (exact) mass is 472 g/mol. The lowest BCUT2D eigenvalue weighted by molar-refractivity contribution is 0.467. The molecule has 0 aromatic heterocycles. The van der Waals surface area contributed by atoms with E-state index in [1.54, 1.807) is 49.4 Å². The number of hydrogen-bond acceptors (Lipinski definition) is 3. The standard InChI is InChI=1S/C22H21BrN2O3S/c1-14-9-11-18(12-10-14)29(27,28)25-22(17-7-5-4-6-8-17)24-19-13-15(2)21(26)20(23)16(19)3/h4-13,26H,1-3H3,(H,24,25). The molecule has 0 heterocycles. The number of benzene rings is 3. The van der Waals surface area contributed by atoms with Crippen LogP contribution in [0.5, 0.6) is 5.75 Å². The Morgan fingerprint density at radius 2 is 1.62 bits per heavy atom. The molecule has 0 spiro atoms. The molecule has 0 aliphatic heterocycles. The Hall–Kier alpha value is -2.64. The van der Waals surface area contributed by atoms with Gasteiger partial charge in [0.05, 0.1) is 9.37 Å². The number of anilines is 1. The molecule has 0 bridgehead atoms. The van der Waals surface area contributed by atoms with Crippen LogP contribution in [0.2, 0.25) is 0 Å². The van der Waals surface area contributed by atoms with Crippen LogP contribution in [0.15, 0.2) is 74.4 Å². The first-order chi connectivity index (χ1) is 13.7. The van der Waals surface area contributed by atoms with E-state index >= 15 is 0 Å². The summed E-state index contributed by atoms with van der Waals surface area (Å²) in [6, 6.07) is 17.4. The fourth-order valence-electron chi connectivity index (χ4n) is 2.75. The van der Waals surface area contributed by atoms with Crippen molar-refractivity contribution in [2.75, 3.05) is 5.32 Å². The van der Waals surface area contributed by atoms with Crippen molar-refractivity contribution in [2.45, 2.75) is 25.7 Å². The molecule has 0 amide bonds. The third-order valence-electron chi connectivity index (χ3n) is 4.51. The van der Waals surface area contributed by atoms with Gasteiger partial charge in [0.2, 0.25) is 0 Å². The topological polar surface area (TPSA) is 78.8 Å². The maximum atomic E-state index is 12.9. The molecule has 7 heteroatoms. The summed E-state index contributed by atoms with van der Waals surface area (Å²) in [6.07, 6.45) is 0. The largest absolute Gasteiger partial charge is 0.506 e. The van der Waals surface area contributed by atoms with E-state index in [4.69, 9.17) is 0 Å². The molecule has 3 aromatic rings. The van der Waals surface area contributed by atoms with Crippen LogP contribution in [0, 0.1) is 20.8 Å². The third-order valence-corrected chi connectivity index (χ3v) is 6.77. The molecule has 5 nitrogen and oxygen atoms in total. The second-order valence-electron chi connectivity index (χ2n) is 6.75. The highest BCUT2D eigenvalue weighted by atomic mass is 79.9. The van der Waals surface area contributed by atoms with Gasteiger partial charge in [-0.05, 0) is 66.0 Å². The van der Waals surface area contributed by atoms with Crippen LogP contribution in [0.1, 0.15) is 22.3 Å². The van der Waals surface area contributed by atoms with Crippen LogP contribution in [0.4, 0.5) is 5.69 Å². The molecule has 29 heavy (non-hydrogen) atoms. The molecular formula is C22H21BrN2O3S. The molecule has 2 N–H and O–H groups in total. The molecule has 150 valence electrons. The lowest BCUT2D eigenvalue weighted by Gasteiger charge is -2.16. The van der Waals surface area contributed by atoms with Crippen LogP contribution < -0.4 is 5.32 Å². The molecule has 0 saturated heterocycles. The number of aromatic hydroxyl groups is 1. The molecule has 0 fully saturated rings. The van der Waals surface area contributed by atoms with Gasteiger partial charge in [-0.2, -0.15) is 8.42 Å². The highest BCUT2D eigenvalue weighted by molar-refractivity contribution is 9.10. The average molecular weight is 473 g/mol. The Labute approximate surface area is 179 Å². The van der Waals surface area contributed by atoms with E-state index in [0.29, 0.717) is 21.3 Å². The third kappa shape index (κ3) is 4.68. The summed E-state index contributed by atoms with van der Waals surface area (Å²) in [6.45, 7) is 5.49. The van der Waals surface area contributed by atoms with E-state index < -0.39 is 10.0 Å². The van der Waals surface area contributed by atoms with Gasteiger partial charge < -0.3 is 10.4 Å². The van der Waals surface area contributed by atoms with Crippen LogP contribution in [-0.2, 0) is 10.0 Å². The van der Waals surface area contributed by atoms with Gasteiger partial charge in [-0.3, -0.25) is 0 Å². The summed E-state index contributed by atoms with van der Waals surface area (Å²) >= 11 is 3.38. The molecule has 0 aliphatic carbocycles. The zero-order valence-corrected chi connectivity index (χ0v) is 18.7. The molecule has 3 rings (SSSR count). The van der Waals surface area contributed by atoms with Crippen LogP contribution in [-0.4, -0.2) is 19.4 Å². The first kappa shape index (κ1) is 21.1. The van der Waals surface area contributed by atoms with Crippen LogP contribution >= 0.6 is 15.9 Å². The normalized spacial score (nSPS) is 12.1. The Kier molecular flexibility index (Phi) is 6.10. The minimum Gasteiger partial charge on any atom is -0.506 e. The molecular weight excluding hydrogens is 452 g/mol. The highest BCUT2D eigenvalue weighted by Gasteiger charge is 2.18. The number of aryl methyl sites for hydroxylation is 2. The zero-order valence-electron chi connectivity index (χ0n) is 16.3.